The normalized spacial score (nSPS) is 14.8. The molecule has 0 aromatic carbocycles. The molecule has 0 fully saturated rings. The molecule has 0 aromatic rings. The van der Waals surface area contributed by atoms with E-state index in [2.05, 4.69) is 192 Å². The molecule has 0 amide bonds. The monoisotopic (exact) mass is 1550 g/mol. The van der Waals surface area contributed by atoms with E-state index >= 15 is 0 Å². The number of aliphatic hydroxyl groups is 1. The first-order chi connectivity index (χ1) is 52.7. The van der Waals surface area contributed by atoms with Crippen molar-refractivity contribution < 1.29 is 80.2 Å². The minimum Gasteiger partial charge on any atom is -0.462 e. The Morgan fingerprint density at radius 3 is 0.806 bits per heavy atom. The highest BCUT2D eigenvalue weighted by Gasteiger charge is 2.30. The number of carbonyl (C=O) groups excluding carboxylic acids is 4. The number of carbonyl (C=O) groups is 4. The van der Waals surface area contributed by atoms with Gasteiger partial charge >= 0.3 is 39.5 Å². The summed E-state index contributed by atoms with van der Waals surface area (Å²) in [5, 5.41) is 10.7. The summed E-state index contributed by atoms with van der Waals surface area (Å²) in [6, 6.07) is 0. The Labute approximate surface area is 654 Å². The molecule has 0 saturated heterocycles. The minimum atomic E-state index is -5.02. The zero-order valence-electron chi connectivity index (χ0n) is 66.9. The molecule has 0 saturated carbocycles. The van der Waals surface area contributed by atoms with Crippen LogP contribution in [-0.2, 0) is 65.4 Å². The van der Waals surface area contributed by atoms with Gasteiger partial charge in [-0.25, -0.2) is 9.13 Å². The van der Waals surface area contributed by atoms with Crippen LogP contribution in [0.2, 0.25) is 0 Å². The molecule has 2 unspecified atom stereocenters. The highest BCUT2D eigenvalue weighted by atomic mass is 31.2. The van der Waals surface area contributed by atoms with Gasteiger partial charge in [0.05, 0.1) is 26.4 Å². The van der Waals surface area contributed by atoms with Crippen LogP contribution in [-0.4, -0.2) is 96.7 Å². The van der Waals surface area contributed by atoms with Crippen molar-refractivity contribution in [2.75, 3.05) is 39.6 Å². The molecule has 0 aromatic heterocycles. The smallest absolute Gasteiger partial charge is 0.462 e. The van der Waals surface area contributed by atoms with E-state index in [-0.39, 0.29) is 25.7 Å². The molecule has 0 rings (SSSR count). The summed E-state index contributed by atoms with van der Waals surface area (Å²) in [7, 11) is -10.0. The lowest BCUT2D eigenvalue weighted by Crippen LogP contribution is -2.30. The SMILES string of the molecule is CC/C=C\C/C=C\C/C=C\C/C=C\C/C=C\C/C=C\CCC(=O)OC[C@H](COP(=O)(O)OC[C@@H](O)COP(=O)(O)OC[C@@H](COC(=O)CCCCCCC/C=C\C/C=C\CCCCC)OC(=O)CCCCCCC/C=C\C/C=C\CCCCC)OC(=O)CCCCC/C=C\C/C=C\C/C=C\C/C=C\C/C=C\CC. The molecule has 5 atom stereocenters. The second kappa shape index (κ2) is 79.3. The van der Waals surface area contributed by atoms with E-state index in [4.69, 9.17) is 37.0 Å². The van der Waals surface area contributed by atoms with Crippen molar-refractivity contribution in [3.63, 3.8) is 0 Å². The fourth-order valence-electron chi connectivity index (χ4n) is 10.2. The van der Waals surface area contributed by atoms with Gasteiger partial charge in [0.1, 0.15) is 19.3 Å². The number of rotatable bonds is 75. The molecule has 0 aliphatic rings. The predicted molar refractivity (Wildman–Crippen MR) is 445 cm³/mol. The summed E-state index contributed by atoms with van der Waals surface area (Å²) in [4.78, 5) is 73.1. The van der Waals surface area contributed by atoms with E-state index in [1.807, 2.05) is 18.2 Å². The average molecular weight is 1550 g/mol. The third-order valence-electron chi connectivity index (χ3n) is 16.3. The maximum Gasteiger partial charge on any atom is 0.472 e. The van der Waals surface area contributed by atoms with Gasteiger partial charge in [-0.1, -0.05) is 281 Å². The van der Waals surface area contributed by atoms with Gasteiger partial charge in [-0.15, -0.1) is 0 Å². The molecule has 108 heavy (non-hydrogen) atoms. The molecule has 0 aliphatic heterocycles. The molecule has 0 radical (unpaired) electrons. The van der Waals surface area contributed by atoms with E-state index in [1.54, 1.807) is 0 Å². The fourth-order valence-corrected chi connectivity index (χ4v) is 11.7. The van der Waals surface area contributed by atoms with Crippen LogP contribution >= 0.6 is 15.6 Å². The number of phosphoric ester groups is 2. The third-order valence-corrected chi connectivity index (χ3v) is 18.2. The number of phosphoric acid groups is 2. The quantitative estimate of drug-likeness (QED) is 0.0169. The summed E-state index contributed by atoms with van der Waals surface area (Å²) in [5.41, 5.74) is 0. The van der Waals surface area contributed by atoms with Gasteiger partial charge in [0, 0.05) is 25.7 Å². The number of allylic oxidation sites excluding steroid dienone is 30. The molecule has 0 aliphatic carbocycles. The van der Waals surface area contributed by atoms with E-state index in [9.17, 15) is 43.2 Å². The van der Waals surface area contributed by atoms with Gasteiger partial charge in [0.15, 0.2) is 12.2 Å². The number of unbranched alkanes of at least 4 members (excludes halogenated alkanes) is 19. The molecular formula is C89H144O17P2. The summed E-state index contributed by atoms with van der Waals surface area (Å²) >= 11 is 0. The van der Waals surface area contributed by atoms with Crippen LogP contribution < -0.4 is 0 Å². The highest BCUT2D eigenvalue weighted by Crippen LogP contribution is 2.45. The maximum atomic E-state index is 13.1. The lowest BCUT2D eigenvalue weighted by atomic mass is 10.1. The van der Waals surface area contributed by atoms with Crippen LogP contribution in [0, 0.1) is 0 Å². The zero-order chi connectivity index (χ0) is 78.9. The zero-order valence-corrected chi connectivity index (χ0v) is 68.7. The van der Waals surface area contributed by atoms with Crippen LogP contribution in [0.5, 0.6) is 0 Å². The lowest BCUT2D eigenvalue weighted by molar-refractivity contribution is -0.161. The van der Waals surface area contributed by atoms with Crippen molar-refractivity contribution in [1.82, 2.24) is 0 Å². The molecule has 17 nitrogen and oxygen atoms in total. The van der Waals surface area contributed by atoms with E-state index in [0.29, 0.717) is 32.1 Å². The van der Waals surface area contributed by atoms with Crippen molar-refractivity contribution in [3.8, 4) is 0 Å². The Kier molecular flexibility index (Phi) is 75.0. The molecule has 612 valence electrons. The van der Waals surface area contributed by atoms with Crippen molar-refractivity contribution in [3.05, 3.63) is 182 Å². The number of ether oxygens (including phenoxy) is 4. The number of hydrogen-bond donors (Lipinski definition) is 3. The van der Waals surface area contributed by atoms with Gasteiger partial charge in [-0.05, 0) is 173 Å². The Morgan fingerprint density at radius 1 is 0.269 bits per heavy atom. The predicted octanol–water partition coefficient (Wildman–Crippen LogP) is 24.3. The topological polar surface area (TPSA) is 237 Å². The molecule has 19 heteroatoms. The van der Waals surface area contributed by atoms with Gasteiger partial charge < -0.3 is 33.8 Å². The number of aliphatic hydroxyl groups excluding tert-OH is 1. The van der Waals surface area contributed by atoms with Gasteiger partial charge in [-0.3, -0.25) is 37.3 Å². The van der Waals surface area contributed by atoms with Crippen LogP contribution in [0.25, 0.3) is 0 Å². The highest BCUT2D eigenvalue weighted by molar-refractivity contribution is 7.47. The molecule has 0 heterocycles. The summed E-state index contributed by atoms with van der Waals surface area (Å²) in [6.07, 6.45) is 95.9. The largest absolute Gasteiger partial charge is 0.472 e. The Morgan fingerprint density at radius 2 is 0.500 bits per heavy atom. The Bertz CT molecular complexity index is 2760. The summed E-state index contributed by atoms with van der Waals surface area (Å²) < 4.78 is 68.6. The van der Waals surface area contributed by atoms with Crippen molar-refractivity contribution >= 4 is 39.5 Å². The standard InChI is InChI=1S/C89H144O17P2/c1-5-9-13-17-21-25-29-33-37-39-41-43-47-50-54-58-62-66-70-74-87(92)100-80-85(106-89(94)76-72-68-64-60-56-52-48-44-42-40-38-34-30-26-22-18-14-10-6-2)82-104-108(97,98)102-78-83(90)77-101-107(95,96)103-81-84(105-88(93)75-71-67-63-59-55-51-46-36-32-28-24-20-16-12-8-4)79-99-86(91)73-69-65-61-57-53-49-45-35-31-27-23-19-15-11-7-3/h9-10,13-14,21-28,33-38,41-46,50,52,54,56,62,66,83-85,90H,5-8,11-12,15-20,29-32,39-40,47-49,51,53,55,57-61,63-65,67-82H2,1-4H3,(H,95,96)(H,97,98)/b13-9-,14-10-,25-21-,26-22-,27-23-,28-24-,37-33-,38-34-,43-41-,44-42-,45-35-,46-36-,54-50-,56-52-,66-62-/t83-,84+,85+/m0/s1. The molecule has 0 bridgehead atoms. The number of hydrogen-bond acceptors (Lipinski definition) is 15. The minimum absolute atomic E-state index is 0.0208. The Balaban J connectivity index is 5.52. The van der Waals surface area contributed by atoms with Gasteiger partial charge in [0.2, 0.25) is 0 Å². The molecular weight excluding hydrogens is 1400 g/mol. The summed E-state index contributed by atoms with van der Waals surface area (Å²) in [6.45, 7) is 4.43. The maximum absolute atomic E-state index is 13.1. The van der Waals surface area contributed by atoms with E-state index in [1.165, 1.54) is 38.5 Å². The van der Waals surface area contributed by atoms with Gasteiger partial charge in [-0.2, -0.15) is 0 Å². The summed E-state index contributed by atoms with van der Waals surface area (Å²) in [5.74, 6) is -2.35. The first-order valence-corrected chi connectivity index (χ1v) is 44.0. The average Bonchev–Trinajstić information content (AvgIpc) is 0.896. The van der Waals surface area contributed by atoms with Crippen molar-refractivity contribution in [2.45, 2.75) is 316 Å². The third kappa shape index (κ3) is 78.3. The van der Waals surface area contributed by atoms with E-state index < -0.39 is 97.5 Å². The van der Waals surface area contributed by atoms with Crippen LogP contribution in [0.1, 0.15) is 297 Å². The van der Waals surface area contributed by atoms with Crippen LogP contribution in [0.3, 0.4) is 0 Å². The van der Waals surface area contributed by atoms with Gasteiger partial charge in [0.25, 0.3) is 0 Å². The first-order valence-electron chi connectivity index (χ1n) is 41.0. The Hall–Kier alpha value is -5.84. The number of esters is 4. The van der Waals surface area contributed by atoms with Crippen molar-refractivity contribution in [1.29, 1.82) is 0 Å². The second-order valence-corrected chi connectivity index (χ2v) is 29.5. The van der Waals surface area contributed by atoms with Crippen molar-refractivity contribution in [2.24, 2.45) is 0 Å². The molecule has 0 spiro atoms. The van der Waals surface area contributed by atoms with Crippen LogP contribution in [0.15, 0.2) is 182 Å². The van der Waals surface area contributed by atoms with E-state index in [0.717, 1.165) is 173 Å². The first kappa shape index (κ1) is 102. The van der Waals surface area contributed by atoms with Crippen LogP contribution in [0.4, 0.5) is 0 Å². The lowest BCUT2D eigenvalue weighted by Gasteiger charge is -2.21. The second-order valence-electron chi connectivity index (χ2n) is 26.6. The molecule has 3 N–H and O–H groups in total. The fraction of sp³-hybridized carbons (Fsp3) is 0.618.